The molecular formula is C34H34BrCl2N3O4S. The van der Waals surface area contributed by atoms with Crippen molar-refractivity contribution in [3.63, 3.8) is 0 Å². The number of benzene rings is 4. The predicted molar refractivity (Wildman–Crippen MR) is 184 cm³/mol. The van der Waals surface area contributed by atoms with E-state index in [1.807, 2.05) is 75.4 Å². The van der Waals surface area contributed by atoms with Crippen LogP contribution in [0.2, 0.25) is 10.0 Å². The number of sulfonamides is 1. The average molecular weight is 732 g/mol. The van der Waals surface area contributed by atoms with Crippen molar-refractivity contribution in [2.75, 3.05) is 10.8 Å². The van der Waals surface area contributed by atoms with E-state index >= 15 is 0 Å². The second kappa shape index (κ2) is 15.3. The van der Waals surface area contributed by atoms with Gasteiger partial charge in [-0.15, -0.1) is 0 Å². The van der Waals surface area contributed by atoms with E-state index in [1.165, 1.54) is 35.2 Å². The van der Waals surface area contributed by atoms with Crippen LogP contribution < -0.4 is 9.62 Å². The highest BCUT2D eigenvalue weighted by Gasteiger charge is 2.35. The van der Waals surface area contributed by atoms with Gasteiger partial charge in [0, 0.05) is 23.5 Å². The second-order valence-corrected chi connectivity index (χ2v) is 14.5. The first kappa shape index (κ1) is 34.5. The maximum absolute atomic E-state index is 14.5. The summed E-state index contributed by atoms with van der Waals surface area (Å²) in [4.78, 5) is 29.7. The Morgan fingerprint density at radius 2 is 1.49 bits per heavy atom. The van der Waals surface area contributed by atoms with Gasteiger partial charge in [0.05, 0.1) is 20.6 Å². The number of carbonyl (C=O) groups is 2. The second-order valence-electron chi connectivity index (χ2n) is 10.9. The third-order valence-electron chi connectivity index (χ3n) is 7.05. The minimum absolute atomic E-state index is 0.00446. The fourth-order valence-corrected chi connectivity index (χ4v) is 6.69. The number of nitrogens with one attached hydrogen (secondary N) is 1. The van der Waals surface area contributed by atoms with Crippen LogP contribution in [-0.4, -0.2) is 43.8 Å². The molecule has 4 rings (SSSR count). The zero-order valence-corrected chi connectivity index (χ0v) is 29.0. The van der Waals surface area contributed by atoms with Crippen LogP contribution in [0.1, 0.15) is 30.5 Å². The van der Waals surface area contributed by atoms with E-state index < -0.39 is 28.5 Å². The molecule has 4 aromatic rings. The van der Waals surface area contributed by atoms with Gasteiger partial charge >= 0.3 is 0 Å². The third kappa shape index (κ3) is 9.10. The number of nitrogens with zero attached hydrogens (tertiary/aromatic N) is 2. The molecule has 0 unspecified atom stereocenters. The molecule has 11 heteroatoms. The van der Waals surface area contributed by atoms with Crippen LogP contribution in [-0.2, 0) is 32.6 Å². The lowest BCUT2D eigenvalue weighted by Gasteiger charge is -2.34. The lowest BCUT2D eigenvalue weighted by Crippen LogP contribution is -2.54. The summed E-state index contributed by atoms with van der Waals surface area (Å²) in [5.41, 5.74) is 2.66. The molecule has 0 fully saturated rings. The summed E-state index contributed by atoms with van der Waals surface area (Å²) in [7, 11) is -4.25. The van der Waals surface area contributed by atoms with Gasteiger partial charge in [0.2, 0.25) is 11.8 Å². The van der Waals surface area contributed by atoms with Gasteiger partial charge in [-0.05, 0) is 74.4 Å². The molecule has 0 radical (unpaired) electrons. The average Bonchev–Trinajstić information content (AvgIpc) is 3.00. The fourth-order valence-electron chi connectivity index (χ4n) is 4.73. The Balaban J connectivity index is 1.82. The normalized spacial score (nSPS) is 12.1. The first-order valence-electron chi connectivity index (χ1n) is 14.3. The monoisotopic (exact) mass is 729 g/mol. The molecule has 0 saturated carbocycles. The summed E-state index contributed by atoms with van der Waals surface area (Å²) in [6.07, 6.45) is 0.221. The van der Waals surface area contributed by atoms with Crippen molar-refractivity contribution in [3.05, 3.63) is 128 Å². The Kier molecular flexibility index (Phi) is 11.7. The maximum atomic E-state index is 14.5. The lowest BCUT2D eigenvalue weighted by molar-refractivity contribution is -0.140. The highest BCUT2D eigenvalue weighted by molar-refractivity contribution is 9.10. The zero-order valence-electron chi connectivity index (χ0n) is 25.1. The molecule has 1 atom stereocenters. The predicted octanol–water partition coefficient (Wildman–Crippen LogP) is 7.42. The number of halogens is 3. The molecule has 0 aromatic heterocycles. The zero-order chi connectivity index (χ0) is 32.7. The molecule has 7 nitrogen and oxygen atoms in total. The van der Waals surface area contributed by atoms with Crippen LogP contribution in [0.3, 0.4) is 0 Å². The van der Waals surface area contributed by atoms with Crippen LogP contribution in [0, 0.1) is 6.92 Å². The highest BCUT2D eigenvalue weighted by Crippen LogP contribution is 2.31. The highest BCUT2D eigenvalue weighted by atomic mass is 79.9. The van der Waals surface area contributed by atoms with Crippen LogP contribution >= 0.6 is 39.1 Å². The smallest absolute Gasteiger partial charge is 0.264 e. The topological polar surface area (TPSA) is 86.8 Å². The molecule has 0 bridgehead atoms. The summed E-state index contributed by atoms with van der Waals surface area (Å²) in [6, 6.07) is 26.4. The van der Waals surface area contributed by atoms with Crippen molar-refractivity contribution < 1.29 is 18.0 Å². The van der Waals surface area contributed by atoms with Crippen LogP contribution in [0.4, 0.5) is 5.69 Å². The van der Waals surface area contributed by atoms with Crippen molar-refractivity contribution >= 4 is 66.7 Å². The molecule has 0 saturated heterocycles. The van der Waals surface area contributed by atoms with Gasteiger partial charge in [-0.2, -0.15) is 0 Å². The molecule has 0 aliphatic heterocycles. The Morgan fingerprint density at radius 3 is 2.09 bits per heavy atom. The van der Waals surface area contributed by atoms with E-state index in [4.69, 9.17) is 23.2 Å². The number of carbonyl (C=O) groups excluding carboxylic acids is 2. The lowest BCUT2D eigenvalue weighted by atomic mass is 10.0. The van der Waals surface area contributed by atoms with Crippen molar-refractivity contribution in [3.8, 4) is 0 Å². The SMILES string of the molecule is Cc1ccc(S(=O)(=O)N(CC(=O)N(Cc2ccc(Br)cc2)[C@H](Cc2ccccc2)C(=O)NC(C)C)c2ccc(Cl)c(Cl)c2)cc1. The quantitative estimate of drug-likeness (QED) is 0.164. The molecule has 1 N–H and O–H groups in total. The van der Waals surface area contributed by atoms with Crippen LogP contribution in [0.5, 0.6) is 0 Å². The molecule has 0 heterocycles. The third-order valence-corrected chi connectivity index (χ3v) is 10.1. The number of anilines is 1. The van der Waals surface area contributed by atoms with E-state index in [-0.39, 0.29) is 45.5 Å². The minimum Gasteiger partial charge on any atom is -0.352 e. The van der Waals surface area contributed by atoms with Crippen LogP contribution in [0.15, 0.2) is 106 Å². The molecule has 45 heavy (non-hydrogen) atoms. The van der Waals surface area contributed by atoms with E-state index in [2.05, 4.69) is 21.2 Å². The molecule has 4 aromatic carbocycles. The number of aryl methyl sites for hydroxylation is 1. The standard InChI is InChI=1S/C34H34BrCl2N3O4S/c1-23(2)38-34(42)32(19-25-7-5-4-6-8-25)39(21-26-11-13-27(35)14-12-26)33(41)22-40(28-15-18-30(36)31(37)20-28)45(43,44)29-16-9-24(3)10-17-29/h4-18,20,23,32H,19,21-22H2,1-3H3,(H,38,42)/t32-/m1/s1. The Morgan fingerprint density at radius 1 is 0.844 bits per heavy atom. The van der Waals surface area contributed by atoms with Gasteiger partial charge in [0.15, 0.2) is 0 Å². The molecule has 2 amide bonds. The van der Waals surface area contributed by atoms with E-state index in [0.29, 0.717) is 0 Å². The van der Waals surface area contributed by atoms with Crippen molar-refractivity contribution in [2.45, 2.75) is 50.7 Å². The number of rotatable bonds is 12. The van der Waals surface area contributed by atoms with E-state index in [1.54, 1.807) is 12.1 Å². The fraction of sp³-hybridized carbons (Fsp3) is 0.235. The van der Waals surface area contributed by atoms with Crippen molar-refractivity contribution in [1.82, 2.24) is 10.2 Å². The first-order chi connectivity index (χ1) is 21.3. The van der Waals surface area contributed by atoms with E-state index in [9.17, 15) is 18.0 Å². The molecule has 236 valence electrons. The summed E-state index contributed by atoms with van der Waals surface area (Å²) in [6.45, 7) is 5.02. The largest absolute Gasteiger partial charge is 0.352 e. The molecule has 0 aliphatic rings. The van der Waals surface area contributed by atoms with Crippen LogP contribution in [0.25, 0.3) is 0 Å². The molecule has 0 aliphatic carbocycles. The maximum Gasteiger partial charge on any atom is 0.264 e. The first-order valence-corrected chi connectivity index (χ1v) is 17.3. The Labute approximate surface area is 283 Å². The summed E-state index contributed by atoms with van der Waals surface area (Å²) < 4.78 is 30.1. The number of hydrogen-bond acceptors (Lipinski definition) is 4. The number of amides is 2. The van der Waals surface area contributed by atoms with Gasteiger partial charge in [-0.1, -0.05) is 99.3 Å². The molecular weight excluding hydrogens is 697 g/mol. The van der Waals surface area contributed by atoms with Gasteiger partial charge in [-0.25, -0.2) is 8.42 Å². The van der Waals surface area contributed by atoms with Gasteiger partial charge in [0.25, 0.3) is 10.0 Å². The van der Waals surface area contributed by atoms with Gasteiger partial charge in [-0.3, -0.25) is 13.9 Å². The van der Waals surface area contributed by atoms with Crippen molar-refractivity contribution in [1.29, 1.82) is 0 Å². The minimum atomic E-state index is -4.25. The number of hydrogen-bond donors (Lipinski definition) is 1. The molecule has 0 spiro atoms. The summed E-state index contributed by atoms with van der Waals surface area (Å²) in [5.74, 6) is -0.915. The summed E-state index contributed by atoms with van der Waals surface area (Å²) >= 11 is 15.9. The van der Waals surface area contributed by atoms with Gasteiger partial charge < -0.3 is 10.2 Å². The van der Waals surface area contributed by atoms with Gasteiger partial charge in [0.1, 0.15) is 12.6 Å². The van der Waals surface area contributed by atoms with Crippen molar-refractivity contribution in [2.24, 2.45) is 0 Å². The van der Waals surface area contributed by atoms with E-state index in [0.717, 1.165) is 25.5 Å². The summed E-state index contributed by atoms with van der Waals surface area (Å²) in [5, 5.41) is 3.32. The Hall–Kier alpha value is -3.37. The Bertz CT molecular complexity index is 1740.